The lowest BCUT2D eigenvalue weighted by Gasteiger charge is -2.46. The van der Waals surface area contributed by atoms with Crippen molar-refractivity contribution in [2.45, 2.75) is 89.0 Å². The molecule has 0 aliphatic carbocycles. The van der Waals surface area contributed by atoms with Crippen molar-refractivity contribution < 1.29 is 53.0 Å². The van der Waals surface area contributed by atoms with Crippen LogP contribution in [0.15, 0.2) is 0 Å². The Balaban J connectivity index is 6.53. The van der Waals surface area contributed by atoms with Crippen molar-refractivity contribution in [2.24, 2.45) is 5.92 Å². The van der Waals surface area contributed by atoms with Crippen LogP contribution in [0.5, 0.6) is 0 Å². The molecule has 0 fully saturated rings. The zero-order valence-electron chi connectivity index (χ0n) is 15.0. The van der Waals surface area contributed by atoms with Gasteiger partial charge in [0.2, 0.25) is 0 Å². The predicted molar refractivity (Wildman–Crippen MR) is 74.3 cm³/mol. The Morgan fingerprint density at radius 2 is 1.00 bits per heavy atom. The van der Waals surface area contributed by atoms with Gasteiger partial charge in [-0.15, -0.1) is 0 Å². The molecule has 1 unspecified atom stereocenters. The fourth-order valence-electron chi connectivity index (χ4n) is 2.97. The van der Waals surface area contributed by atoms with E-state index < -0.39 is 67.3 Å². The summed E-state index contributed by atoms with van der Waals surface area (Å²) >= 11 is 0. The third-order valence-corrected chi connectivity index (χ3v) is 4.78. The number of hydrogen-bond donors (Lipinski definition) is 0. The average Bonchev–Trinajstić information content (AvgIpc) is 2.51. The summed E-state index contributed by atoms with van der Waals surface area (Å²) in [5, 5.41) is 0. The molecule has 0 aliphatic rings. The average molecular weight is 426 g/mol. The van der Waals surface area contributed by atoms with Gasteiger partial charge in [-0.05, 0) is 25.7 Å². The van der Waals surface area contributed by atoms with Crippen LogP contribution in [0.25, 0.3) is 0 Å². The van der Waals surface area contributed by atoms with Crippen LogP contribution in [0.1, 0.15) is 53.4 Å². The van der Waals surface area contributed by atoms with Gasteiger partial charge in [0.05, 0.1) is 0 Å². The number of hydrogen-bond acceptors (Lipinski definition) is 1. The van der Waals surface area contributed by atoms with Crippen molar-refractivity contribution in [1.82, 2.24) is 0 Å². The summed E-state index contributed by atoms with van der Waals surface area (Å²) in [6, 6.07) is 0. The summed E-state index contributed by atoms with van der Waals surface area (Å²) in [7, 11) is 0. The molecule has 0 saturated carbocycles. The van der Waals surface area contributed by atoms with E-state index in [0.717, 1.165) is 13.8 Å². The van der Waals surface area contributed by atoms with Gasteiger partial charge in [-0.2, -0.15) is 43.9 Å². The monoisotopic (exact) mass is 426 g/mol. The summed E-state index contributed by atoms with van der Waals surface area (Å²) in [5.41, 5.74) is -9.55. The SMILES string of the molecule is CCC(CC)C(F)(C(F)(F)F)C(F)(F)OC(CC)(CC)C(F)(F)C(F)(F)F. The van der Waals surface area contributed by atoms with Crippen LogP contribution >= 0.6 is 0 Å². The number of alkyl halides is 11. The van der Waals surface area contributed by atoms with Crippen molar-refractivity contribution >= 4 is 0 Å². The van der Waals surface area contributed by atoms with Gasteiger partial charge in [-0.3, -0.25) is 0 Å². The van der Waals surface area contributed by atoms with E-state index in [1.165, 1.54) is 0 Å². The molecule has 27 heavy (non-hydrogen) atoms. The van der Waals surface area contributed by atoms with Crippen molar-refractivity contribution in [3.05, 3.63) is 0 Å². The molecular formula is C15H21F11O. The van der Waals surface area contributed by atoms with Crippen molar-refractivity contribution in [3.63, 3.8) is 0 Å². The molecule has 0 aromatic carbocycles. The Hall–Kier alpha value is -0.810. The number of ether oxygens (including phenoxy) is 1. The summed E-state index contributed by atoms with van der Waals surface area (Å²) in [5.74, 6) is -8.38. The van der Waals surface area contributed by atoms with E-state index >= 15 is 0 Å². The minimum Gasteiger partial charge on any atom is -0.304 e. The lowest BCUT2D eigenvalue weighted by molar-refractivity contribution is -0.453. The normalized spacial score (nSPS) is 17.3. The van der Waals surface area contributed by atoms with Gasteiger partial charge in [0.15, 0.2) is 0 Å². The van der Waals surface area contributed by atoms with E-state index in [1.807, 2.05) is 0 Å². The molecule has 0 bridgehead atoms. The maximum Gasteiger partial charge on any atom is 0.456 e. The van der Waals surface area contributed by atoms with Crippen LogP contribution in [-0.4, -0.2) is 35.7 Å². The molecule has 0 aromatic rings. The van der Waals surface area contributed by atoms with Gasteiger partial charge >= 0.3 is 24.4 Å². The van der Waals surface area contributed by atoms with Gasteiger partial charge in [-0.25, -0.2) is 4.39 Å². The second-order valence-corrected chi connectivity index (χ2v) is 6.12. The molecule has 0 saturated heterocycles. The van der Waals surface area contributed by atoms with Gasteiger partial charge in [0.25, 0.3) is 5.67 Å². The highest BCUT2D eigenvalue weighted by Gasteiger charge is 2.79. The van der Waals surface area contributed by atoms with Crippen LogP contribution in [0.4, 0.5) is 48.3 Å². The van der Waals surface area contributed by atoms with E-state index in [2.05, 4.69) is 4.74 Å². The largest absolute Gasteiger partial charge is 0.456 e. The van der Waals surface area contributed by atoms with Gasteiger partial charge in [-0.1, -0.05) is 27.7 Å². The molecule has 0 amide bonds. The molecule has 1 atom stereocenters. The molecule has 164 valence electrons. The van der Waals surface area contributed by atoms with Gasteiger partial charge in [0, 0.05) is 5.92 Å². The Morgan fingerprint density at radius 1 is 0.630 bits per heavy atom. The highest BCUT2D eigenvalue weighted by atomic mass is 19.4. The maximum atomic E-state index is 14.7. The lowest BCUT2D eigenvalue weighted by atomic mass is 9.82. The minimum absolute atomic E-state index is 0.601. The Labute approximate surface area is 149 Å². The lowest BCUT2D eigenvalue weighted by Crippen LogP contribution is -2.67. The quantitative estimate of drug-likeness (QED) is 0.359. The third-order valence-electron chi connectivity index (χ3n) is 4.78. The first kappa shape index (κ1) is 26.2. The smallest absolute Gasteiger partial charge is 0.304 e. The van der Waals surface area contributed by atoms with E-state index in [1.54, 1.807) is 0 Å². The van der Waals surface area contributed by atoms with E-state index in [4.69, 9.17) is 0 Å². The second-order valence-electron chi connectivity index (χ2n) is 6.12. The standard InChI is InChI=1S/C15H21F11O/c1-5-9(6-2)11(16,13(19,20)21)15(25,26)27-10(7-3,8-4)12(17,18)14(22,23)24/h9H,5-8H2,1-4H3. The first-order chi connectivity index (χ1) is 11.8. The Morgan fingerprint density at radius 3 is 1.22 bits per heavy atom. The highest BCUT2D eigenvalue weighted by Crippen LogP contribution is 2.57. The first-order valence-corrected chi connectivity index (χ1v) is 8.13. The van der Waals surface area contributed by atoms with Crippen molar-refractivity contribution in [1.29, 1.82) is 0 Å². The van der Waals surface area contributed by atoms with E-state index in [-0.39, 0.29) is 0 Å². The zero-order chi connectivity index (χ0) is 22.1. The molecule has 0 N–H and O–H groups in total. The van der Waals surface area contributed by atoms with Gasteiger partial charge < -0.3 is 4.74 Å². The topological polar surface area (TPSA) is 9.23 Å². The predicted octanol–water partition coefficient (Wildman–Crippen LogP) is 7.06. The second kappa shape index (κ2) is 7.90. The molecule has 0 radical (unpaired) electrons. The fraction of sp³-hybridized carbons (Fsp3) is 1.00. The van der Waals surface area contributed by atoms with Crippen LogP contribution in [0.2, 0.25) is 0 Å². The first-order valence-electron chi connectivity index (χ1n) is 8.13. The zero-order valence-corrected chi connectivity index (χ0v) is 15.0. The summed E-state index contributed by atoms with van der Waals surface area (Å²) in [4.78, 5) is 0. The summed E-state index contributed by atoms with van der Waals surface area (Å²) in [6.07, 6.45) is -23.1. The molecule has 0 heterocycles. The highest BCUT2D eigenvalue weighted by molar-refractivity contribution is 5.05. The molecule has 0 aliphatic heterocycles. The fourth-order valence-corrected chi connectivity index (χ4v) is 2.97. The van der Waals surface area contributed by atoms with Crippen molar-refractivity contribution in [3.8, 4) is 0 Å². The van der Waals surface area contributed by atoms with Crippen molar-refractivity contribution in [2.75, 3.05) is 0 Å². The van der Waals surface area contributed by atoms with E-state index in [9.17, 15) is 48.3 Å². The summed E-state index contributed by atoms with van der Waals surface area (Å²) < 4.78 is 152. The van der Waals surface area contributed by atoms with Gasteiger partial charge in [0.1, 0.15) is 5.60 Å². The Bertz CT molecular complexity index is 475. The molecule has 0 aromatic heterocycles. The molecule has 12 heteroatoms. The number of halogens is 11. The van der Waals surface area contributed by atoms with E-state index in [0.29, 0.717) is 13.8 Å². The van der Waals surface area contributed by atoms with Crippen LogP contribution < -0.4 is 0 Å². The minimum atomic E-state index is -6.40. The molecular weight excluding hydrogens is 405 g/mol. The third kappa shape index (κ3) is 4.14. The Kier molecular flexibility index (Phi) is 7.66. The molecule has 0 spiro atoms. The summed E-state index contributed by atoms with van der Waals surface area (Å²) in [6.45, 7) is 3.09. The van der Waals surface area contributed by atoms with Crippen LogP contribution in [0, 0.1) is 5.92 Å². The number of rotatable bonds is 9. The molecule has 1 nitrogen and oxygen atoms in total. The van der Waals surface area contributed by atoms with Crippen LogP contribution in [0.3, 0.4) is 0 Å². The maximum absolute atomic E-state index is 14.7. The molecule has 0 rings (SSSR count). The van der Waals surface area contributed by atoms with Crippen LogP contribution in [-0.2, 0) is 4.74 Å².